The number of unbranched alkanes of at least 4 members (excludes halogenated alkanes) is 2. The lowest BCUT2D eigenvalue weighted by Crippen LogP contribution is -2.46. The van der Waals surface area contributed by atoms with Gasteiger partial charge in [-0.1, -0.05) is 31.5 Å². The van der Waals surface area contributed by atoms with Gasteiger partial charge in [0.25, 0.3) is 0 Å². The molecule has 0 aromatic heterocycles. The van der Waals surface area contributed by atoms with Crippen molar-refractivity contribution in [2.75, 3.05) is 25.6 Å². The Labute approximate surface area is 135 Å². The summed E-state index contributed by atoms with van der Waals surface area (Å²) < 4.78 is 17.4. The Morgan fingerprint density at radius 3 is 1.95 bits per heavy atom. The molecule has 4 nitrogen and oxygen atoms in total. The lowest BCUT2D eigenvalue weighted by molar-refractivity contribution is -0.111. The normalized spacial score (nSPS) is 11.8. The molecule has 0 N–H and O–H groups in total. The third kappa shape index (κ3) is 10.5. The summed E-state index contributed by atoms with van der Waals surface area (Å²) in [5.41, 5.74) is 0. The van der Waals surface area contributed by atoms with Crippen LogP contribution in [-0.2, 0) is 18.1 Å². The molecule has 0 aliphatic heterocycles. The van der Waals surface area contributed by atoms with E-state index in [4.69, 9.17) is 13.3 Å². The minimum atomic E-state index is -2.52. The van der Waals surface area contributed by atoms with E-state index < -0.39 is 8.80 Å². The Kier molecular flexibility index (Phi) is 13.8. The molecule has 0 radical (unpaired) electrons. The van der Waals surface area contributed by atoms with Crippen LogP contribution in [0, 0.1) is 0 Å². The van der Waals surface area contributed by atoms with Gasteiger partial charge in [-0.2, -0.15) is 0 Å². The predicted molar refractivity (Wildman–Crippen MR) is 91.7 cm³/mol. The van der Waals surface area contributed by atoms with Gasteiger partial charge >= 0.3 is 8.80 Å². The number of rotatable bonds is 14. The second kappa shape index (κ2) is 13.8. The van der Waals surface area contributed by atoms with Crippen molar-refractivity contribution in [2.45, 2.75) is 65.8 Å². The highest BCUT2D eigenvalue weighted by molar-refractivity contribution is 8.13. The Hall–Kier alpha value is 0.117. The van der Waals surface area contributed by atoms with Crippen LogP contribution in [0.15, 0.2) is 0 Å². The molecule has 126 valence electrons. The van der Waals surface area contributed by atoms with E-state index in [9.17, 15) is 4.79 Å². The van der Waals surface area contributed by atoms with Gasteiger partial charge in [-0.3, -0.25) is 4.79 Å². The molecular formula is C15H32O4SSi. The maximum absolute atomic E-state index is 11.7. The van der Waals surface area contributed by atoms with Gasteiger partial charge in [0.15, 0.2) is 5.12 Å². The maximum atomic E-state index is 11.7. The van der Waals surface area contributed by atoms with Gasteiger partial charge < -0.3 is 13.3 Å². The van der Waals surface area contributed by atoms with Crippen LogP contribution in [0.2, 0.25) is 6.04 Å². The summed E-state index contributed by atoms with van der Waals surface area (Å²) in [5.74, 6) is 0.826. The summed E-state index contributed by atoms with van der Waals surface area (Å²) in [6.45, 7) is 9.86. The zero-order valence-electron chi connectivity index (χ0n) is 14.1. The number of hydrogen-bond acceptors (Lipinski definition) is 5. The van der Waals surface area contributed by atoms with Crippen molar-refractivity contribution in [1.29, 1.82) is 0 Å². The molecule has 0 saturated heterocycles. The molecule has 0 saturated carbocycles. The van der Waals surface area contributed by atoms with Crippen molar-refractivity contribution < 1.29 is 18.1 Å². The van der Waals surface area contributed by atoms with Crippen LogP contribution in [0.5, 0.6) is 0 Å². The smallest absolute Gasteiger partial charge is 0.374 e. The summed E-state index contributed by atoms with van der Waals surface area (Å²) in [5, 5.41) is 0.306. The lowest BCUT2D eigenvalue weighted by atomic mass is 10.2. The Morgan fingerprint density at radius 1 is 0.905 bits per heavy atom. The van der Waals surface area contributed by atoms with Gasteiger partial charge in [0.2, 0.25) is 0 Å². The monoisotopic (exact) mass is 336 g/mol. The molecule has 6 heteroatoms. The molecule has 0 aromatic rings. The van der Waals surface area contributed by atoms with Crippen molar-refractivity contribution in [2.24, 2.45) is 0 Å². The van der Waals surface area contributed by atoms with Gasteiger partial charge in [0.1, 0.15) is 0 Å². The molecule has 21 heavy (non-hydrogen) atoms. The van der Waals surface area contributed by atoms with E-state index in [0.717, 1.165) is 37.5 Å². The fraction of sp³-hybridized carbons (Fsp3) is 0.933. The first-order valence-electron chi connectivity index (χ1n) is 8.21. The zero-order chi connectivity index (χ0) is 16.0. The van der Waals surface area contributed by atoms with Crippen LogP contribution in [-0.4, -0.2) is 39.5 Å². The van der Waals surface area contributed by atoms with Crippen LogP contribution in [0.3, 0.4) is 0 Å². The molecule has 0 aliphatic rings. The van der Waals surface area contributed by atoms with E-state index in [1.165, 1.54) is 11.8 Å². The standard InChI is InChI=1S/C15H32O4SSi/c1-5-9-10-12-15(16)20-13-11-14-21(17-6-2,18-7-3)19-8-4/h5-14H2,1-4H3. The summed E-state index contributed by atoms with van der Waals surface area (Å²) in [4.78, 5) is 11.7. The van der Waals surface area contributed by atoms with E-state index >= 15 is 0 Å². The molecule has 0 atom stereocenters. The minimum Gasteiger partial charge on any atom is -0.374 e. The summed E-state index contributed by atoms with van der Waals surface area (Å²) in [6, 6.07) is 0.789. The highest BCUT2D eigenvalue weighted by Gasteiger charge is 2.39. The van der Waals surface area contributed by atoms with Crippen molar-refractivity contribution >= 4 is 25.7 Å². The van der Waals surface area contributed by atoms with Crippen molar-refractivity contribution in [3.05, 3.63) is 0 Å². The Balaban J connectivity index is 4.03. The second-order valence-corrected chi connectivity index (χ2v) is 8.65. The third-order valence-corrected chi connectivity index (χ3v) is 7.14. The minimum absolute atomic E-state index is 0.306. The summed E-state index contributed by atoms with van der Waals surface area (Å²) >= 11 is 1.44. The zero-order valence-corrected chi connectivity index (χ0v) is 15.9. The second-order valence-electron chi connectivity index (χ2n) is 4.76. The number of carbonyl (C=O) groups excluding carboxylic acids is 1. The summed E-state index contributed by atoms with van der Waals surface area (Å²) in [6.07, 6.45) is 4.90. The Bertz CT molecular complexity index is 247. The topological polar surface area (TPSA) is 44.8 Å². The maximum Gasteiger partial charge on any atom is 0.500 e. The number of thioether (sulfide) groups is 1. The third-order valence-electron chi connectivity index (χ3n) is 2.97. The largest absolute Gasteiger partial charge is 0.500 e. The van der Waals surface area contributed by atoms with E-state index in [1.54, 1.807) is 0 Å². The highest BCUT2D eigenvalue weighted by Crippen LogP contribution is 2.20. The van der Waals surface area contributed by atoms with E-state index in [2.05, 4.69) is 6.92 Å². The van der Waals surface area contributed by atoms with E-state index in [-0.39, 0.29) is 0 Å². The van der Waals surface area contributed by atoms with E-state index in [0.29, 0.717) is 31.4 Å². The van der Waals surface area contributed by atoms with Crippen LogP contribution in [0.25, 0.3) is 0 Å². The average molecular weight is 337 g/mol. The first kappa shape index (κ1) is 21.1. The lowest BCUT2D eigenvalue weighted by Gasteiger charge is -2.28. The molecule has 0 amide bonds. The van der Waals surface area contributed by atoms with Gasteiger partial charge in [-0.05, 0) is 33.6 Å². The molecule has 0 aromatic carbocycles. The average Bonchev–Trinajstić information content (AvgIpc) is 2.45. The molecular weight excluding hydrogens is 304 g/mol. The van der Waals surface area contributed by atoms with Crippen LogP contribution in [0.4, 0.5) is 0 Å². The predicted octanol–water partition coefficient (Wildman–Crippen LogP) is 4.27. The molecule has 0 unspecified atom stereocenters. The highest BCUT2D eigenvalue weighted by atomic mass is 32.2. The molecule has 0 fully saturated rings. The summed E-state index contributed by atoms with van der Waals surface area (Å²) in [7, 11) is -2.52. The van der Waals surface area contributed by atoms with Crippen molar-refractivity contribution in [3.8, 4) is 0 Å². The number of hydrogen-bond donors (Lipinski definition) is 0. The fourth-order valence-corrected chi connectivity index (χ4v) is 5.74. The van der Waals surface area contributed by atoms with Crippen LogP contribution in [0.1, 0.15) is 59.8 Å². The first-order valence-corrected chi connectivity index (χ1v) is 11.1. The molecule has 0 aliphatic carbocycles. The fourth-order valence-electron chi connectivity index (χ4n) is 2.07. The first-order chi connectivity index (χ1) is 10.1. The Morgan fingerprint density at radius 2 is 1.48 bits per heavy atom. The van der Waals surface area contributed by atoms with Crippen LogP contribution >= 0.6 is 11.8 Å². The van der Waals surface area contributed by atoms with E-state index in [1.807, 2.05) is 20.8 Å². The van der Waals surface area contributed by atoms with Gasteiger partial charge in [0, 0.05) is 38.0 Å². The SMILES string of the molecule is CCCCCC(=O)SCCC[Si](OCC)(OCC)OCC. The van der Waals surface area contributed by atoms with Gasteiger partial charge in [-0.15, -0.1) is 0 Å². The van der Waals surface area contributed by atoms with Gasteiger partial charge in [0.05, 0.1) is 0 Å². The molecule has 0 spiro atoms. The molecule has 0 rings (SSSR count). The van der Waals surface area contributed by atoms with Crippen molar-refractivity contribution in [1.82, 2.24) is 0 Å². The number of carbonyl (C=O) groups is 1. The van der Waals surface area contributed by atoms with Gasteiger partial charge in [-0.25, -0.2) is 0 Å². The van der Waals surface area contributed by atoms with Crippen LogP contribution < -0.4 is 0 Å². The quantitative estimate of drug-likeness (QED) is 0.350. The molecule has 0 bridgehead atoms. The molecule has 0 heterocycles. The van der Waals surface area contributed by atoms with Crippen molar-refractivity contribution in [3.63, 3.8) is 0 Å².